The van der Waals surface area contributed by atoms with E-state index in [0.29, 0.717) is 18.7 Å². The van der Waals surface area contributed by atoms with Crippen molar-refractivity contribution in [3.05, 3.63) is 94.4 Å². The maximum atomic E-state index is 12.4. The van der Waals surface area contributed by atoms with Crippen LogP contribution in [0.2, 0.25) is 0 Å². The van der Waals surface area contributed by atoms with Crippen LogP contribution in [-0.2, 0) is 6.54 Å². The predicted octanol–water partition coefficient (Wildman–Crippen LogP) is 3.40. The van der Waals surface area contributed by atoms with Crippen molar-refractivity contribution in [1.29, 1.82) is 0 Å². The third-order valence-electron chi connectivity index (χ3n) is 5.51. The Balaban J connectivity index is 1.40. The average molecular weight is 401 g/mol. The van der Waals surface area contributed by atoms with Crippen LogP contribution in [0.15, 0.2) is 77.7 Å². The van der Waals surface area contributed by atoms with Gasteiger partial charge in [-0.25, -0.2) is 5.32 Å². The second kappa shape index (κ2) is 9.55. The van der Waals surface area contributed by atoms with E-state index in [1.54, 1.807) is 16.8 Å². The highest BCUT2D eigenvalue weighted by molar-refractivity contribution is 5.93. The van der Waals surface area contributed by atoms with E-state index in [9.17, 15) is 9.59 Å². The topological polar surface area (TPSA) is 56.4 Å². The van der Waals surface area contributed by atoms with Crippen molar-refractivity contribution in [2.24, 2.45) is 0 Å². The van der Waals surface area contributed by atoms with Crippen molar-refractivity contribution in [3.63, 3.8) is 0 Å². The lowest BCUT2D eigenvalue weighted by Gasteiger charge is -2.13. The molecule has 1 aromatic heterocycles. The number of rotatable bonds is 7. The van der Waals surface area contributed by atoms with Crippen molar-refractivity contribution in [2.45, 2.75) is 19.4 Å². The largest absolute Gasteiger partial charge is 0.310 e. The molecule has 1 fully saturated rings. The van der Waals surface area contributed by atoms with Gasteiger partial charge >= 0.3 is 0 Å². The summed E-state index contributed by atoms with van der Waals surface area (Å²) >= 11 is 0. The molecule has 30 heavy (non-hydrogen) atoms. The lowest BCUT2D eigenvalue weighted by atomic mass is 10.0. The highest BCUT2D eigenvalue weighted by Gasteiger charge is 2.13. The van der Waals surface area contributed by atoms with E-state index in [1.165, 1.54) is 18.9 Å². The second-order valence-electron chi connectivity index (χ2n) is 7.68. The van der Waals surface area contributed by atoms with Gasteiger partial charge in [0.1, 0.15) is 0 Å². The van der Waals surface area contributed by atoms with Gasteiger partial charge in [-0.1, -0.05) is 54.6 Å². The number of benzene rings is 2. The zero-order chi connectivity index (χ0) is 20.8. The van der Waals surface area contributed by atoms with E-state index in [4.69, 9.17) is 0 Å². The summed E-state index contributed by atoms with van der Waals surface area (Å²) in [5.41, 5.74) is 3.62. The van der Waals surface area contributed by atoms with Crippen LogP contribution < -0.4 is 10.9 Å². The monoisotopic (exact) mass is 400 g/mol. The fourth-order valence-electron chi connectivity index (χ4n) is 3.80. The first-order chi connectivity index (χ1) is 14.7. The van der Waals surface area contributed by atoms with Crippen LogP contribution in [0.3, 0.4) is 0 Å². The molecule has 4 rings (SSSR count). The maximum absolute atomic E-state index is 12.4. The zero-order valence-corrected chi connectivity index (χ0v) is 17.0. The summed E-state index contributed by atoms with van der Waals surface area (Å²) in [6.45, 7) is 3.93. The first-order valence-electron chi connectivity index (χ1n) is 10.5. The van der Waals surface area contributed by atoms with Crippen LogP contribution in [-0.4, -0.2) is 41.6 Å². The Bertz CT molecular complexity index is 1040. The van der Waals surface area contributed by atoms with E-state index in [2.05, 4.69) is 34.5 Å². The Morgan fingerprint density at radius 1 is 0.867 bits per heavy atom. The van der Waals surface area contributed by atoms with Crippen LogP contribution in [0.25, 0.3) is 11.1 Å². The molecule has 1 aliphatic rings. The summed E-state index contributed by atoms with van der Waals surface area (Å²) < 4.78 is 1.57. The number of carbonyl (C=O) groups is 1. The van der Waals surface area contributed by atoms with Gasteiger partial charge in [0, 0.05) is 18.8 Å². The summed E-state index contributed by atoms with van der Waals surface area (Å²) in [7, 11) is 0. The number of hydrogen-bond donors (Lipinski definition) is 0. The Morgan fingerprint density at radius 2 is 1.57 bits per heavy atom. The van der Waals surface area contributed by atoms with Gasteiger partial charge in [0.05, 0.1) is 18.7 Å². The van der Waals surface area contributed by atoms with E-state index >= 15 is 0 Å². The molecule has 2 aromatic carbocycles. The van der Waals surface area contributed by atoms with Gasteiger partial charge in [-0.2, -0.15) is 0 Å². The molecular formula is C25H26N3O2. The van der Waals surface area contributed by atoms with Crippen LogP contribution in [0.5, 0.6) is 0 Å². The normalized spacial score (nSPS) is 14.0. The quantitative estimate of drug-likeness (QED) is 0.611. The number of aromatic nitrogens is 1. The SMILES string of the molecule is O=C([N]CCN1CCCC1)c1ccc(=O)n(Cc2ccc(-c3ccccc3)cc2)c1. The summed E-state index contributed by atoms with van der Waals surface area (Å²) in [6, 6.07) is 21.3. The maximum Gasteiger partial charge on any atom is 0.274 e. The molecule has 0 unspecified atom stereocenters. The van der Waals surface area contributed by atoms with E-state index in [0.717, 1.165) is 36.3 Å². The average Bonchev–Trinajstić information content (AvgIpc) is 3.30. The van der Waals surface area contributed by atoms with Crippen LogP contribution >= 0.6 is 0 Å². The van der Waals surface area contributed by atoms with Gasteiger partial charge in [0.15, 0.2) is 0 Å². The second-order valence-corrected chi connectivity index (χ2v) is 7.68. The first kappa shape index (κ1) is 20.1. The van der Waals surface area contributed by atoms with Gasteiger partial charge in [-0.15, -0.1) is 0 Å². The highest BCUT2D eigenvalue weighted by atomic mass is 16.2. The molecule has 1 amide bonds. The van der Waals surface area contributed by atoms with Crippen LogP contribution in [0.4, 0.5) is 0 Å². The van der Waals surface area contributed by atoms with Crippen molar-refractivity contribution in [2.75, 3.05) is 26.2 Å². The molecule has 0 atom stereocenters. The smallest absolute Gasteiger partial charge is 0.274 e. The number of likely N-dealkylation sites (tertiary alicyclic amines) is 1. The molecule has 0 aliphatic carbocycles. The lowest BCUT2D eigenvalue weighted by molar-refractivity contribution is 0.0944. The molecule has 0 N–H and O–H groups in total. The summed E-state index contributed by atoms with van der Waals surface area (Å²) in [6.07, 6.45) is 4.08. The Hall–Kier alpha value is -3.18. The molecule has 153 valence electrons. The molecule has 2 heterocycles. The fraction of sp³-hybridized carbons (Fsp3) is 0.280. The molecular weight excluding hydrogens is 374 g/mol. The minimum absolute atomic E-state index is 0.129. The van der Waals surface area contributed by atoms with Gasteiger partial charge in [-0.3, -0.25) is 9.59 Å². The van der Waals surface area contributed by atoms with E-state index in [1.807, 2.05) is 30.3 Å². The van der Waals surface area contributed by atoms with Gasteiger partial charge in [-0.05, 0) is 48.7 Å². The van der Waals surface area contributed by atoms with Gasteiger partial charge < -0.3 is 9.47 Å². The van der Waals surface area contributed by atoms with E-state index < -0.39 is 0 Å². The molecule has 1 radical (unpaired) electrons. The molecule has 1 saturated heterocycles. The third-order valence-corrected chi connectivity index (χ3v) is 5.51. The van der Waals surface area contributed by atoms with Crippen molar-refractivity contribution in [1.82, 2.24) is 14.8 Å². The standard InChI is InChI=1S/C25H26N3O2/c29-24-13-12-23(25(30)26-14-17-27-15-4-5-16-27)19-28(24)18-20-8-10-22(11-9-20)21-6-2-1-3-7-21/h1-3,6-13,19H,4-5,14-18H2. The van der Waals surface area contributed by atoms with Crippen LogP contribution in [0, 0.1) is 0 Å². The van der Waals surface area contributed by atoms with Crippen LogP contribution in [0.1, 0.15) is 28.8 Å². The van der Waals surface area contributed by atoms with Crippen molar-refractivity contribution >= 4 is 5.91 Å². The minimum atomic E-state index is -0.262. The first-order valence-corrected chi connectivity index (χ1v) is 10.5. The highest BCUT2D eigenvalue weighted by Crippen LogP contribution is 2.19. The summed E-state index contributed by atoms with van der Waals surface area (Å²) in [5, 5.41) is 4.18. The van der Waals surface area contributed by atoms with Crippen molar-refractivity contribution in [3.8, 4) is 11.1 Å². The molecule has 0 saturated carbocycles. The molecule has 0 spiro atoms. The predicted molar refractivity (Wildman–Crippen MR) is 119 cm³/mol. The number of nitrogens with zero attached hydrogens (tertiary/aromatic N) is 3. The van der Waals surface area contributed by atoms with Gasteiger partial charge in [0.25, 0.3) is 11.5 Å². The molecule has 1 aliphatic heterocycles. The Kier molecular flexibility index (Phi) is 6.40. The number of carbonyl (C=O) groups excluding carboxylic acids is 1. The zero-order valence-electron chi connectivity index (χ0n) is 17.0. The fourth-order valence-corrected chi connectivity index (χ4v) is 3.80. The molecule has 0 bridgehead atoms. The number of amides is 1. The molecule has 5 heteroatoms. The summed E-state index contributed by atoms with van der Waals surface area (Å²) in [4.78, 5) is 27.1. The number of hydrogen-bond acceptors (Lipinski definition) is 3. The molecule has 3 aromatic rings. The Labute approximate surface area is 177 Å². The molecule has 5 nitrogen and oxygen atoms in total. The van der Waals surface area contributed by atoms with Crippen molar-refractivity contribution < 1.29 is 4.79 Å². The van der Waals surface area contributed by atoms with E-state index in [-0.39, 0.29) is 11.5 Å². The lowest BCUT2D eigenvalue weighted by Crippen LogP contribution is -2.30. The third kappa shape index (κ3) is 5.05. The summed E-state index contributed by atoms with van der Waals surface area (Å²) in [5.74, 6) is -0.262. The van der Waals surface area contributed by atoms with Gasteiger partial charge in [0.2, 0.25) is 0 Å². The Morgan fingerprint density at radius 3 is 2.30 bits per heavy atom. The number of pyridine rings is 1. The minimum Gasteiger partial charge on any atom is -0.310 e.